The smallest absolute Gasteiger partial charge is 0.374 e. The number of amides is 1. The van der Waals surface area contributed by atoms with Gasteiger partial charge >= 0.3 is 6.18 Å². The molecule has 1 unspecified atom stereocenters. The second kappa shape index (κ2) is 9.92. The fraction of sp³-hybridized carbons (Fsp3) is 0.364. The summed E-state index contributed by atoms with van der Waals surface area (Å²) in [4.78, 5) is 16.8. The molecule has 1 atom stereocenters. The van der Waals surface area contributed by atoms with E-state index in [1.165, 1.54) is 6.07 Å². The van der Waals surface area contributed by atoms with E-state index in [-0.39, 0.29) is 43.6 Å². The van der Waals surface area contributed by atoms with E-state index in [2.05, 4.69) is 42.3 Å². The van der Waals surface area contributed by atoms with Crippen molar-refractivity contribution in [1.29, 1.82) is 0 Å². The maximum atomic E-state index is 14.2. The molecule has 3 rings (SSSR count). The molecule has 1 N–H and O–H groups in total. The highest BCUT2D eigenvalue weighted by atomic mass is 79.9. The fourth-order valence-corrected chi connectivity index (χ4v) is 4.79. The second-order valence-electron chi connectivity index (χ2n) is 8.07. The lowest BCUT2D eigenvalue weighted by Gasteiger charge is -2.29. The number of benzene rings is 2. The number of nitrogens with one attached hydrogen (secondary N) is 1. The molecule has 0 fully saturated rings. The lowest BCUT2D eigenvalue weighted by molar-refractivity contribution is -0.275. The number of alkyl halides is 3. The third-order valence-electron chi connectivity index (χ3n) is 5.09. The minimum Gasteiger partial charge on any atom is -0.374 e. The Morgan fingerprint density at radius 1 is 1.24 bits per heavy atom. The fourth-order valence-electron chi connectivity index (χ4n) is 3.35. The van der Waals surface area contributed by atoms with Gasteiger partial charge in [-0.05, 0) is 61.5 Å². The van der Waals surface area contributed by atoms with Gasteiger partial charge in [-0.2, -0.15) is 13.2 Å². The Bertz CT molecular complexity index is 1090. The summed E-state index contributed by atoms with van der Waals surface area (Å²) >= 11 is 12.2. The number of halogens is 7. The van der Waals surface area contributed by atoms with Gasteiger partial charge in [0, 0.05) is 35.5 Å². The Morgan fingerprint density at radius 3 is 2.42 bits per heavy atom. The minimum atomic E-state index is -4.83. The van der Waals surface area contributed by atoms with Crippen LogP contribution in [-0.2, 0) is 21.8 Å². The third-order valence-corrected chi connectivity index (χ3v) is 6.60. The summed E-state index contributed by atoms with van der Waals surface area (Å²) in [5.74, 6) is -0.636. The molecule has 0 aromatic heterocycles. The highest BCUT2D eigenvalue weighted by Gasteiger charge is 2.62. The highest BCUT2D eigenvalue weighted by Crippen LogP contribution is 2.50. The largest absolute Gasteiger partial charge is 0.435 e. The molecule has 0 spiro atoms. The van der Waals surface area contributed by atoms with Gasteiger partial charge in [0.25, 0.3) is 5.60 Å². The Kier molecular flexibility index (Phi) is 7.80. The Hall–Kier alpha value is -1.65. The summed E-state index contributed by atoms with van der Waals surface area (Å²) in [7, 11) is 0. The molecule has 11 heteroatoms. The van der Waals surface area contributed by atoms with Gasteiger partial charge in [-0.3, -0.25) is 4.79 Å². The minimum absolute atomic E-state index is 0.0428. The Morgan fingerprint density at radius 2 is 1.88 bits per heavy atom. The number of carbonyl (C=O) groups excluding carboxylic acids is 1. The Labute approximate surface area is 210 Å². The molecule has 33 heavy (non-hydrogen) atoms. The van der Waals surface area contributed by atoms with E-state index >= 15 is 0 Å². The lowest BCUT2D eigenvalue weighted by atomic mass is 9.86. The molecule has 1 aliphatic rings. The molecule has 0 saturated heterocycles. The summed E-state index contributed by atoms with van der Waals surface area (Å²) in [6, 6.07) is 6.73. The van der Waals surface area contributed by atoms with Crippen molar-refractivity contribution in [3.63, 3.8) is 0 Å². The molecular formula is C22H19Br2ClF4N2O2. The van der Waals surface area contributed by atoms with E-state index in [4.69, 9.17) is 16.4 Å². The van der Waals surface area contributed by atoms with Gasteiger partial charge in [0.05, 0.1) is 14.7 Å². The van der Waals surface area contributed by atoms with E-state index in [1.54, 1.807) is 12.1 Å². The number of hydrogen-bond donors (Lipinski definition) is 1. The van der Waals surface area contributed by atoms with Crippen LogP contribution in [0, 0.1) is 11.7 Å². The van der Waals surface area contributed by atoms with Crippen molar-refractivity contribution >= 4 is 55.1 Å². The molecule has 1 heterocycles. The molecule has 1 aliphatic heterocycles. The van der Waals surface area contributed by atoms with Crippen molar-refractivity contribution in [1.82, 2.24) is 5.32 Å². The van der Waals surface area contributed by atoms with Crippen LogP contribution < -0.4 is 5.32 Å². The molecule has 0 bridgehead atoms. The van der Waals surface area contributed by atoms with Crippen molar-refractivity contribution in [3.8, 4) is 0 Å². The second-order valence-corrected chi connectivity index (χ2v) is 10.2. The summed E-state index contributed by atoms with van der Waals surface area (Å²) in [5.41, 5.74) is -2.07. The van der Waals surface area contributed by atoms with Crippen LogP contribution in [0.1, 0.15) is 43.4 Å². The molecule has 1 amide bonds. The number of nitrogens with zero attached hydrogens (tertiary/aromatic N) is 1. The summed E-state index contributed by atoms with van der Waals surface area (Å²) in [6.07, 6.45) is -5.08. The van der Waals surface area contributed by atoms with Crippen LogP contribution in [0.5, 0.6) is 0 Å². The highest BCUT2D eigenvalue weighted by molar-refractivity contribution is 9.11. The van der Waals surface area contributed by atoms with Crippen LogP contribution in [0.15, 0.2) is 44.4 Å². The number of rotatable bonds is 6. The standard InChI is InChI=1S/C22H19Br2ClF4N2O2/c1-11(2)5-19(32)30-10-13-4-3-12(6-17(13)25)18-9-21(33-31-18,22(27,28)29)14-7-15(23)20(26)16(24)8-14/h3-4,6-8,11H,5,9-10H2,1-2H3,(H,30,32). The van der Waals surface area contributed by atoms with Crippen LogP contribution in [0.4, 0.5) is 17.6 Å². The number of oxime groups is 1. The maximum Gasteiger partial charge on any atom is 0.435 e. The van der Waals surface area contributed by atoms with Gasteiger partial charge in [-0.25, -0.2) is 4.39 Å². The SMILES string of the molecule is CC(C)CC(=O)NCc1ccc(C2=NOC(c3cc(Br)c(F)c(Br)c3)(C(F)(F)F)C2)cc1Cl. The number of hydrogen-bond acceptors (Lipinski definition) is 3. The molecule has 2 aromatic carbocycles. The van der Waals surface area contributed by atoms with E-state index in [0.29, 0.717) is 17.5 Å². The van der Waals surface area contributed by atoms with Crippen molar-refractivity contribution in [2.75, 3.05) is 0 Å². The molecule has 0 radical (unpaired) electrons. The third kappa shape index (κ3) is 5.54. The van der Waals surface area contributed by atoms with Gasteiger partial charge < -0.3 is 10.2 Å². The van der Waals surface area contributed by atoms with E-state index in [9.17, 15) is 22.4 Å². The summed E-state index contributed by atoms with van der Waals surface area (Å²) in [5, 5.41) is 6.74. The van der Waals surface area contributed by atoms with Gasteiger partial charge in [-0.15, -0.1) is 0 Å². The zero-order valence-corrected chi connectivity index (χ0v) is 21.4. The van der Waals surface area contributed by atoms with Crippen molar-refractivity contribution in [2.24, 2.45) is 11.1 Å². The first kappa shape index (κ1) is 26.0. The van der Waals surface area contributed by atoms with Crippen molar-refractivity contribution in [3.05, 3.63) is 66.8 Å². The zero-order valence-electron chi connectivity index (χ0n) is 17.5. The molecule has 0 aliphatic carbocycles. The molecule has 0 saturated carbocycles. The van der Waals surface area contributed by atoms with Crippen molar-refractivity contribution in [2.45, 2.75) is 45.0 Å². The zero-order chi connectivity index (χ0) is 24.6. The van der Waals surface area contributed by atoms with Crippen LogP contribution in [0.3, 0.4) is 0 Å². The van der Waals surface area contributed by atoms with Crippen LogP contribution in [0.2, 0.25) is 5.02 Å². The monoisotopic (exact) mass is 612 g/mol. The first-order valence-corrected chi connectivity index (χ1v) is 11.8. The van der Waals surface area contributed by atoms with Crippen LogP contribution in [-0.4, -0.2) is 17.8 Å². The quantitative estimate of drug-likeness (QED) is 0.275. The van der Waals surface area contributed by atoms with E-state index in [1.807, 2.05) is 13.8 Å². The average molecular weight is 615 g/mol. The normalized spacial score (nSPS) is 18.3. The van der Waals surface area contributed by atoms with E-state index in [0.717, 1.165) is 12.1 Å². The van der Waals surface area contributed by atoms with Crippen LogP contribution >= 0.6 is 43.5 Å². The Balaban J connectivity index is 1.84. The molecular weight excluding hydrogens is 596 g/mol. The predicted molar refractivity (Wildman–Crippen MR) is 125 cm³/mol. The van der Waals surface area contributed by atoms with Gasteiger partial charge in [0.2, 0.25) is 5.91 Å². The topological polar surface area (TPSA) is 50.7 Å². The number of carbonyl (C=O) groups is 1. The average Bonchev–Trinajstić information content (AvgIpc) is 3.17. The first-order chi connectivity index (χ1) is 15.3. The lowest BCUT2D eigenvalue weighted by Crippen LogP contribution is -2.42. The van der Waals surface area contributed by atoms with Gasteiger partial charge in [0.1, 0.15) is 0 Å². The van der Waals surface area contributed by atoms with E-state index < -0.39 is 24.0 Å². The molecule has 178 valence electrons. The first-order valence-electron chi connectivity index (χ1n) is 9.86. The maximum absolute atomic E-state index is 14.2. The van der Waals surface area contributed by atoms with Crippen LogP contribution in [0.25, 0.3) is 0 Å². The predicted octanol–water partition coefficient (Wildman–Crippen LogP) is 7.25. The van der Waals surface area contributed by atoms with Gasteiger partial charge in [0.15, 0.2) is 5.82 Å². The summed E-state index contributed by atoms with van der Waals surface area (Å²) < 4.78 is 56.2. The molecule has 4 nitrogen and oxygen atoms in total. The molecule has 2 aromatic rings. The summed E-state index contributed by atoms with van der Waals surface area (Å²) in [6.45, 7) is 4.05. The van der Waals surface area contributed by atoms with Gasteiger partial charge in [-0.1, -0.05) is 42.7 Å². The van der Waals surface area contributed by atoms with Crippen molar-refractivity contribution < 1.29 is 27.2 Å².